The van der Waals surface area contributed by atoms with Crippen LogP contribution >= 0.6 is 7.05 Å². The molecule has 25 heavy (non-hydrogen) atoms. The van der Waals surface area contributed by atoms with Gasteiger partial charge in [-0.05, 0) is 44.5 Å². The number of hydrogen-bond acceptors (Lipinski definition) is 1. The van der Waals surface area contributed by atoms with Gasteiger partial charge in [0, 0.05) is 33.8 Å². The SMILES string of the molecule is CCC=CC=CCC.CCCP(CCC)(CCC)=NC1=CC=CC1.[Ti]. The molecule has 0 fully saturated rings. The van der Waals surface area contributed by atoms with Crippen LogP contribution in [0.3, 0.4) is 0 Å². The molecule has 1 aliphatic rings. The molecule has 0 unspecified atom stereocenters. The molecular formula is C22H40NPTi. The first-order chi connectivity index (χ1) is 11.7. The smallest absolute Gasteiger partial charge is 0.0425 e. The Labute approximate surface area is 173 Å². The molecule has 0 amide bonds. The van der Waals surface area contributed by atoms with Gasteiger partial charge in [-0.2, -0.15) is 0 Å². The third-order valence-electron chi connectivity index (χ3n) is 3.87. The van der Waals surface area contributed by atoms with Crippen molar-refractivity contribution < 1.29 is 21.7 Å². The second kappa shape index (κ2) is 18.7. The molecule has 3 heteroatoms. The van der Waals surface area contributed by atoms with Crippen molar-refractivity contribution in [2.45, 2.75) is 73.1 Å². The van der Waals surface area contributed by atoms with Crippen LogP contribution in [0.15, 0.2) is 53.0 Å². The predicted molar refractivity (Wildman–Crippen MR) is 116 cm³/mol. The molecule has 0 aliphatic heterocycles. The monoisotopic (exact) mass is 397 g/mol. The Hall–Kier alpha value is -0.0957. The zero-order chi connectivity index (χ0) is 18.1. The molecule has 0 spiro atoms. The minimum absolute atomic E-state index is 0. The molecule has 0 heterocycles. The summed E-state index contributed by atoms with van der Waals surface area (Å²) in [5, 5.41) is 0. The van der Waals surface area contributed by atoms with Crippen LogP contribution in [0.5, 0.6) is 0 Å². The van der Waals surface area contributed by atoms with Gasteiger partial charge >= 0.3 is 0 Å². The van der Waals surface area contributed by atoms with E-state index in [1.54, 1.807) is 0 Å². The van der Waals surface area contributed by atoms with Crippen molar-refractivity contribution in [3.05, 3.63) is 48.2 Å². The second-order valence-electron chi connectivity index (χ2n) is 6.33. The maximum Gasteiger partial charge on any atom is 0.0425 e. The van der Waals surface area contributed by atoms with Crippen molar-refractivity contribution in [3.63, 3.8) is 0 Å². The van der Waals surface area contributed by atoms with Crippen LogP contribution in [0, 0.1) is 0 Å². The summed E-state index contributed by atoms with van der Waals surface area (Å²) in [5.41, 5.74) is 1.34. The van der Waals surface area contributed by atoms with Crippen LogP contribution in [0.1, 0.15) is 73.1 Å². The summed E-state index contributed by atoms with van der Waals surface area (Å²) in [4.78, 5) is 0. The van der Waals surface area contributed by atoms with E-state index < -0.39 is 7.05 Å². The maximum atomic E-state index is 5.19. The molecule has 1 nitrogen and oxygen atoms in total. The minimum Gasteiger partial charge on any atom is -0.272 e. The van der Waals surface area contributed by atoms with E-state index in [9.17, 15) is 0 Å². The van der Waals surface area contributed by atoms with Gasteiger partial charge in [-0.3, -0.25) is 4.74 Å². The largest absolute Gasteiger partial charge is 0.272 e. The average Bonchev–Trinajstić information content (AvgIpc) is 3.06. The summed E-state index contributed by atoms with van der Waals surface area (Å²) in [6, 6.07) is 0. The first-order valence-electron chi connectivity index (χ1n) is 9.94. The molecule has 1 aliphatic carbocycles. The molecule has 0 saturated heterocycles. The van der Waals surface area contributed by atoms with E-state index in [1.165, 1.54) is 43.4 Å². The van der Waals surface area contributed by atoms with E-state index in [-0.39, 0.29) is 21.7 Å². The minimum atomic E-state index is -1.03. The topological polar surface area (TPSA) is 12.4 Å². The standard InChI is InChI=1S/C14H26NP.C8H14.Ti/c1-4-11-16(12-5-2,13-6-3)15-14-9-7-8-10-14;1-3-5-7-8-6-4-2;/h7-9H,4-6,10-13H2,1-3H3;5-8H,3-4H2,1-2H3;. The molecule has 142 valence electrons. The van der Waals surface area contributed by atoms with Gasteiger partial charge in [-0.15, -0.1) is 0 Å². The van der Waals surface area contributed by atoms with Crippen molar-refractivity contribution in [3.8, 4) is 0 Å². The Morgan fingerprint density at radius 3 is 1.68 bits per heavy atom. The van der Waals surface area contributed by atoms with Crippen LogP contribution < -0.4 is 0 Å². The Bertz CT molecular complexity index is 437. The Morgan fingerprint density at radius 2 is 1.36 bits per heavy atom. The van der Waals surface area contributed by atoms with Gasteiger partial charge in [0.25, 0.3) is 0 Å². The Kier molecular flexibility index (Phi) is 20.3. The maximum absolute atomic E-state index is 5.19. The Balaban J connectivity index is 0. The van der Waals surface area contributed by atoms with E-state index in [4.69, 9.17) is 4.74 Å². The number of nitrogens with zero attached hydrogens (tertiary/aromatic N) is 1. The van der Waals surface area contributed by atoms with E-state index in [2.05, 4.69) is 77.2 Å². The van der Waals surface area contributed by atoms with Crippen LogP contribution in [0.2, 0.25) is 0 Å². The van der Waals surface area contributed by atoms with Crippen molar-refractivity contribution >= 4 is 7.05 Å². The van der Waals surface area contributed by atoms with Gasteiger partial charge in [-0.25, -0.2) is 0 Å². The summed E-state index contributed by atoms with van der Waals surface area (Å²) < 4.78 is 5.19. The molecule has 0 aromatic carbocycles. The van der Waals surface area contributed by atoms with E-state index >= 15 is 0 Å². The molecular weight excluding hydrogens is 357 g/mol. The normalized spacial score (nSPS) is 13.6. The summed E-state index contributed by atoms with van der Waals surface area (Å²) in [6.45, 7) is 11.2. The van der Waals surface area contributed by atoms with Crippen LogP contribution in [-0.2, 0) is 21.7 Å². The first-order valence-corrected chi connectivity index (χ1v) is 12.2. The fraction of sp³-hybridized carbons (Fsp3) is 0.636. The van der Waals surface area contributed by atoms with E-state index in [0.717, 1.165) is 19.3 Å². The molecule has 1 rings (SSSR count). The zero-order valence-electron chi connectivity index (χ0n) is 17.3. The fourth-order valence-electron chi connectivity index (χ4n) is 2.95. The third-order valence-corrected chi connectivity index (χ3v) is 8.39. The number of hydrogen-bond donors (Lipinski definition) is 0. The zero-order valence-corrected chi connectivity index (χ0v) is 19.8. The van der Waals surface area contributed by atoms with Gasteiger partial charge in [0.05, 0.1) is 0 Å². The summed E-state index contributed by atoms with van der Waals surface area (Å²) in [5.74, 6) is 0. The number of rotatable bonds is 10. The molecule has 0 aromatic rings. The van der Waals surface area contributed by atoms with Crippen molar-refractivity contribution in [2.75, 3.05) is 18.5 Å². The van der Waals surface area contributed by atoms with Crippen LogP contribution in [-0.4, -0.2) is 18.5 Å². The molecule has 0 atom stereocenters. The van der Waals surface area contributed by atoms with Crippen LogP contribution in [0.25, 0.3) is 0 Å². The Morgan fingerprint density at radius 1 is 0.880 bits per heavy atom. The first kappa shape index (κ1) is 27.1. The second-order valence-corrected chi connectivity index (χ2v) is 10.1. The molecule has 0 bridgehead atoms. The predicted octanol–water partition coefficient (Wildman–Crippen LogP) is 8.18. The van der Waals surface area contributed by atoms with Gasteiger partial charge in [0.2, 0.25) is 0 Å². The molecule has 0 N–H and O–H groups in total. The molecule has 0 radical (unpaired) electrons. The van der Waals surface area contributed by atoms with Crippen molar-refractivity contribution in [1.29, 1.82) is 0 Å². The van der Waals surface area contributed by atoms with E-state index in [0.29, 0.717) is 0 Å². The van der Waals surface area contributed by atoms with Gasteiger partial charge in [0.1, 0.15) is 0 Å². The molecule has 0 aromatic heterocycles. The van der Waals surface area contributed by atoms with Gasteiger partial charge in [0.15, 0.2) is 0 Å². The molecule has 0 saturated carbocycles. The van der Waals surface area contributed by atoms with E-state index in [1.807, 2.05) is 0 Å². The summed E-state index contributed by atoms with van der Waals surface area (Å²) in [6.07, 6.45) is 26.3. The summed E-state index contributed by atoms with van der Waals surface area (Å²) >= 11 is 0. The average molecular weight is 397 g/mol. The fourth-order valence-corrected chi connectivity index (χ4v) is 7.11. The van der Waals surface area contributed by atoms with Crippen LogP contribution in [0.4, 0.5) is 0 Å². The van der Waals surface area contributed by atoms with Gasteiger partial charge < -0.3 is 0 Å². The van der Waals surface area contributed by atoms with Crippen molar-refractivity contribution in [2.24, 2.45) is 4.74 Å². The quantitative estimate of drug-likeness (QED) is 0.200. The third kappa shape index (κ3) is 13.7. The number of allylic oxidation sites excluding steroid dienone is 7. The van der Waals surface area contributed by atoms with Crippen molar-refractivity contribution in [1.82, 2.24) is 0 Å². The van der Waals surface area contributed by atoms with Gasteiger partial charge in [-0.1, -0.05) is 90.3 Å². The summed E-state index contributed by atoms with van der Waals surface area (Å²) in [7, 11) is -1.03.